The van der Waals surface area contributed by atoms with Gasteiger partial charge in [0, 0.05) is 36.4 Å². The summed E-state index contributed by atoms with van der Waals surface area (Å²) in [5.41, 5.74) is 1.79. The Morgan fingerprint density at radius 2 is 1.82 bits per heavy atom. The molecule has 8 heteroatoms. The number of nitrogens with one attached hydrogen (secondary N) is 2. The van der Waals surface area contributed by atoms with Crippen molar-refractivity contribution in [1.29, 1.82) is 0 Å². The Balaban J connectivity index is 1.71. The van der Waals surface area contributed by atoms with E-state index in [-0.39, 0.29) is 17.0 Å². The lowest BCUT2D eigenvalue weighted by molar-refractivity contribution is 0.0950. The van der Waals surface area contributed by atoms with E-state index in [4.69, 9.17) is 16.3 Å². The topological polar surface area (TPSA) is 93.2 Å². The molecule has 3 aromatic rings. The second-order valence-corrected chi connectivity index (χ2v) is 6.24. The van der Waals surface area contributed by atoms with E-state index < -0.39 is 5.91 Å². The molecule has 2 N–H and O–H groups in total. The van der Waals surface area contributed by atoms with Crippen LogP contribution in [0, 0.1) is 0 Å². The largest absolute Gasteiger partial charge is 0.495 e. The molecule has 0 saturated carbocycles. The molecule has 0 aliphatic heterocycles. The molecule has 1 aromatic carbocycles. The van der Waals surface area contributed by atoms with Crippen LogP contribution in [0.4, 0.5) is 5.69 Å². The van der Waals surface area contributed by atoms with Crippen molar-refractivity contribution in [3.05, 3.63) is 82.9 Å². The van der Waals surface area contributed by atoms with Gasteiger partial charge in [-0.1, -0.05) is 17.7 Å². The van der Waals surface area contributed by atoms with Gasteiger partial charge in [0.2, 0.25) is 0 Å². The van der Waals surface area contributed by atoms with E-state index in [0.29, 0.717) is 23.0 Å². The maximum Gasteiger partial charge on any atom is 0.257 e. The third-order valence-electron chi connectivity index (χ3n) is 3.85. The number of pyridine rings is 2. The number of carbonyl (C=O) groups excluding carboxylic acids is 2. The highest BCUT2D eigenvalue weighted by Crippen LogP contribution is 2.28. The zero-order valence-electron chi connectivity index (χ0n) is 15.0. The van der Waals surface area contributed by atoms with Gasteiger partial charge in [0.15, 0.2) is 0 Å². The summed E-state index contributed by atoms with van der Waals surface area (Å²) < 4.78 is 5.21. The standard InChI is InChI=1S/C20H17ClN4O3/c1-28-18-5-4-16(21)8-17(18)25-20(27)15-7-14(11-23-12-15)19(26)24-10-13-3-2-6-22-9-13/h2-9,11-12H,10H2,1H3,(H,24,26)(H,25,27). The van der Waals surface area contributed by atoms with Crippen LogP contribution >= 0.6 is 11.6 Å². The van der Waals surface area contributed by atoms with Crippen molar-refractivity contribution < 1.29 is 14.3 Å². The Morgan fingerprint density at radius 3 is 2.54 bits per heavy atom. The van der Waals surface area contributed by atoms with E-state index >= 15 is 0 Å². The molecule has 0 aliphatic rings. The van der Waals surface area contributed by atoms with Crippen molar-refractivity contribution in [3.63, 3.8) is 0 Å². The second kappa shape index (κ2) is 8.96. The SMILES string of the molecule is COc1ccc(Cl)cc1NC(=O)c1cncc(C(=O)NCc2cccnc2)c1. The zero-order chi connectivity index (χ0) is 19.9. The molecular formula is C20H17ClN4O3. The summed E-state index contributed by atoms with van der Waals surface area (Å²) >= 11 is 5.98. The summed E-state index contributed by atoms with van der Waals surface area (Å²) in [7, 11) is 1.49. The number of ether oxygens (including phenoxy) is 1. The number of hydrogen-bond acceptors (Lipinski definition) is 5. The van der Waals surface area contributed by atoms with Crippen molar-refractivity contribution in [1.82, 2.24) is 15.3 Å². The van der Waals surface area contributed by atoms with Gasteiger partial charge in [0.05, 0.1) is 23.9 Å². The van der Waals surface area contributed by atoms with Gasteiger partial charge in [-0.25, -0.2) is 0 Å². The van der Waals surface area contributed by atoms with Crippen molar-refractivity contribution in [3.8, 4) is 5.75 Å². The Morgan fingerprint density at radius 1 is 1.04 bits per heavy atom. The zero-order valence-corrected chi connectivity index (χ0v) is 15.7. The number of hydrogen-bond donors (Lipinski definition) is 2. The molecule has 0 fully saturated rings. The van der Waals surface area contributed by atoms with Crippen molar-refractivity contribution in [2.45, 2.75) is 6.54 Å². The molecule has 7 nitrogen and oxygen atoms in total. The van der Waals surface area contributed by atoms with Gasteiger partial charge < -0.3 is 15.4 Å². The van der Waals surface area contributed by atoms with Gasteiger partial charge in [-0.05, 0) is 35.9 Å². The highest BCUT2D eigenvalue weighted by Gasteiger charge is 2.14. The number of amides is 2. The minimum absolute atomic E-state index is 0.232. The summed E-state index contributed by atoms with van der Waals surface area (Å²) in [4.78, 5) is 32.9. The molecule has 2 amide bonds. The van der Waals surface area contributed by atoms with Crippen molar-refractivity contribution >= 4 is 29.1 Å². The van der Waals surface area contributed by atoms with E-state index in [1.807, 2.05) is 6.07 Å². The molecule has 2 heterocycles. The average Bonchev–Trinajstić information content (AvgIpc) is 2.73. The molecule has 0 unspecified atom stereocenters. The lowest BCUT2D eigenvalue weighted by Crippen LogP contribution is -2.23. The van der Waals surface area contributed by atoms with Gasteiger partial charge in [0.25, 0.3) is 11.8 Å². The molecule has 28 heavy (non-hydrogen) atoms. The Bertz CT molecular complexity index is 996. The van der Waals surface area contributed by atoms with Crippen LogP contribution in [-0.2, 0) is 6.54 Å². The van der Waals surface area contributed by atoms with Gasteiger partial charge in [-0.15, -0.1) is 0 Å². The lowest BCUT2D eigenvalue weighted by Gasteiger charge is -2.11. The molecule has 0 bridgehead atoms. The minimum Gasteiger partial charge on any atom is -0.495 e. The van der Waals surface area contributed by atoms with E-state index in [1.54, 1.807) is 36.7 Å². The third kappa shape index (κ3) is 4.83. The van der Waals surface area contributed by atoms with Crippen LogP contribution in [-0.4, -0.2) is 28.9 Å². The highest BCUT2D eigenvalue weighted by molar-refractivity contribution is 6.31. The van der Waals surface area contributed by atoms with Gasteiger partial charge >= 0.3 is 0 Å². The summed E-state index contributed by atoms with van der Waals surface area (Å²) in [6.07, 6.45) is 6.10. The van der Waals surface area contributed by atoms with Crippen LogP contribution < -0.4 is 15.4 Å². The van der Waals surface area contributed by atoms with Crippen LogP contribution in [0.2, 0.25) is 5.02 Å². The Labute approximate surface area is 166 Å². The Kier molecular flexibility index (Phi) is 6.18. The van der Waals surface area contributed by atoms with E-state index in [0.717, 1.165) is 5.56 Å². The number of benzene rings is 1. The fourth-order valence-corrected chi connectivity index (χ4v) is 2.62. The number of anilines is 1. The maximum atomic E-state index is 12.6. The fourth-order valence-electron chi connectivity index (χ4n) is 2.45. The third-order valence-corrected chi connectivity index (χ3v) is 4.08. The van der Waals surface area contributed by atoms with Crippen LogP contribution in [0.15, 0.2) is 61.2 Å². The molecular weight excluding hydrogens is 380 g/mol. The molecule has 0 saturated heterocycles. The Hall–Kier alpha value is -3.45. The van der Waals surface area contributed by atoms with Crippen molar-refractivity contribution in [2.75, 3.05) is 12.4 Å². The first-order chi connectivity index (χ1) is 13.6. The van der Waals surface area contributed by atoms with Crippen molar-refractivity contribution in [2.24, 2.45) is 0 Å². The molecule has 142 valence electrons. The smallest absolute Gasteiger partial charge is 0.257 e. The lowest BCUT2D eigenvalue weighted by atomic mass is 10.1. The predicted octanol–water partition coefficient (Wildman–Crippen LogP) is 3.32. The maximum absolute atomic E-state index is 12.6. The fraction of sp³-hybridized carbons (Fsp3) is 0.100. The second-order valence-electron chi connectivity index (χ2n) is 5.80. The first-order valence-electron chi connectivity index (χ1n) is 8.34. The average molecular weight is 397 g/mol. The summed E-state index contributed by atoms with van der Waals surface area (Å²) in [6.45, 7) is 0.322. The monoisotopic (exact) mass is 396 g/mol. The normalized spacial score (nSPS) is 10.2. The van der Waals surface area contributed by atoms with Gasteiger partial charge in [-0.2, -0.15) is 0 Å². The molecule has 0 atom stereocenters. The number of methoxy groups -OCH3 is 1. The van der Waals surface area contributed by atoms with Crippen LogP contribution in [0.5, 0.6) is 5.75 Å². The molecule has 3 rings (SSSR count). The molecule has 0 radical (unpaired) electrons. The van der Waals surface area contributed by atoms with E-state index in [1.165, 1.54) is 25.6 Å². The number of nitrogens with zero attached hydrogens (tertiary/aromatic N) is 2. The minimum atomic E-state index is -0.435. The predicted molar refractivity (Wildman–Crippen MR) is 106 cm³/mol. The van der Waals surface area contributed by atoms with Crippen LogP contribution in [0.25, 0.3) is 0 Å². The number of rotatable bonds is 6. The van der Waals surface area contributed by atoms with E-state index in [2.05, 4.69) is 20.6 Å². The van der Waals surface area contributed by atoms with Gasteiger partial charge in [-0.3, -0.25) is 19.6 Å². The first kappa shape index (κ1) is 19.3. The van der Waals surface area contributed by atoms with Crippen LogP contribution in [0.1, 0.15) is 26.3 Å². The first-order valence-corrected chi connectivity index (χ1v) is 8.71. The highest BCUT2D eigenvalue weighted by atomic mass is 35.5. The molecule has 2 aromatic heterocycles. The number of halogens is 1. The quantitative estimate of drug-likeness (QED) is 0.666. The number of carbonyl (C=O) groups is 2. The summed E-state index contributed by atoms with van der Waals surface area (Å²) in [5.74, 6) is -0.308. The molecule has 0 aliphatic carbocycles. The van der Waals surface area contributed by atoms with Crippen LogP contribution in [0.3, 0.4) is 0 Å². The summed E-state index contributed by atoms with van der Waals surface area (Å²) in [6, 6.07) is 10.0. The van der Waals surface area contributed by atoms with Gasteiger partial charge in [0.1, 0.15) is 5.75 Å². The number of aromatic nitrogens is 2. The summed E-state index contributed by atoms with van der Waals surface area (Å²) in [5, 5.41) is 5.94. The molecule has 0 spiro atoms. The van der Waals surface area contributed by atoms with E-state index in [9.17, 15) is 9.59 Å².